The highest BCUT2D eigenvalue weighted by Gasteiger charge is 2.24. The second kappa shape index (κ2) is 5.71. The zero-order valence-corrected chi connectivity index (χ0v) is 12.1. The minimum atomic E-state index is 0.0646. The molecule has 0 aliphatic carbocycles. The summed E-state index contributed by atoms with van der Waals surface area (Å²) in [5, 5.41) is 0. The number of nitrogens with zero attached hydrogens (tertiary/aromatic N) is 1. The van der Waals surface area contributed by atoms with E-state index in [9.17, 15) is 4.79 Å². The van der Waals surface area contributed by atoms with Gasteiger partial charge in [0.05, 0.1) is 5.69 Å². The SMILES string of the molecule is CCCCCN1C(=O)COc2cc(I)ccc21. The molecule has 0 aromatic heterocycles. The molecule has 0 unspecified atom stereocenters. The third-order valence-corrected chi connectivity index (χ3v) is 3.52. The molecule has 1 aliphatic rings. The Morgan fingerprint density at radius 3 is 3.00 bits per heavy atom. The summed E-state index contributed by atoms with van der Waals surface area (Å²) >= 11 is 2.25. The van der Waals surface area contributed by atoms with E-state index >= 15 is 0 Å². The van der Waals surface area contributed by atoms with Crippen molar-refractivity contribution in [2.75, 3.05) is 18.1 Å². The van der Waals surface area contributed by atoms with Crippen molar-refractivity contribution in [1.82, 2.24) is 0 Å². The number of hydrogen-bond acceptors (Lipinski definition) is 2. The van der Waals surface area contributed by atoms with Gasteiger partial charge in [-0.25, -0.2) is 0 Å². The first kappa shape index (κ1) is 12.7. The average Bonchev–Trinajstić information content (AvgIpc) is 2.32. The summed E-state index contributed by atoms with van der Waals surface area (Å²) in [5.41, 5.74) is 0.915. The number of ether oxygens (including phenoxy) is 1. The summed E-state index contributed by atoms with van der Waals surface area (Å²) in [6, 6.07) is 5.96. The molecule has 17 heavy (non-hydrogen) atoms. The molecule has 4 heteroatoms. The zero-order valence-electron chi connectivity index (χ0n) is 9.91. The van der Waals surface area contributed by atoms with E-state index < -0.39 is 0 Å². The van der Waals surface area contributed by atoms with Crippen molar-refractivity contribution in [2.24, 2.45) is 0 Å². The Balaban J connectivity index is 2.18. The first-order valence-corrected chi connectivity index (χ1v) is 7.03. The number of carbonyl (C=O) groups excluding carboxylic acids is 1. The number of carbonyl (C=O) groups is 1. The molecule has 0 saturated heterocycles. The molecule has 0 N–H and O–H groups in total. The van der Waals surface area contributed by atoms with Crippen LogP contribution in [0.2, 0.25) is 0 Å². The van der Waals surface area contributed by atoms with Crippen LogP contribution in [-0.4, -0.2) is 19.1 Å². The summed E-state index contributed by atoms with van der Waals surface area (Å²) < 4.78 is 6.59. The standard InChI is InChI=1S/C13H16INO2/c1-2-3-4-7-15-11-6-5-10(14)8-12(11)17-9-13(15)16/h5-6,8H,2-4,7,9H2,1H3. The number of rotatable bonds is 4. The van der Waals surface area contributed by atoms with Gasteiger partial charge in [0.2, 0.25) is 0 Å². The number of unbranched alkanes of at least 4 members (excludes halogenated alkanes) is 2. The van der Waals surface area contributed by atoms with E-state index in [-0.39, 0.29) is 12.5 Å². The van der Waals surface area contributed by atoms with Crippen LogP contribution in [0.4, 0.5) is 5.69 Å². The number of hydrogen-bond donors (Lipinski definition) is 0. The van der Waals surface area contributed by atoms with E-state index in [1.165, 1.54) is 0 Å². The first-order chi connectivity index (χ1) is 8.22. The molecule has 0 spiro atoms. The largest absolute Gasteiger partial charge is 0.482 e. The fraction of sp³-hybridized carbons (Fsp3) is 0.462. The Hall–Kier alpha value is -0.780. The van der Waals surface area contributed by atoms with Gasteiger partial charge in [-0.3, -0.25) is 4.79 Å². The van der Waals surface area contributed by atoms with Gasteiger partial charge in [-0.1, -0.05) is 19.8 Å². The Kier molecular flexibility index (Phi) is 4.25. The van der Waals surface area contributed by atoms with Crippen LogP contribution < -0.4 is 9.64 Å². The van der Waals surface area contributed by atoms with Crippen LogP contribution in [0.3, 0.4) is 0 Å². The van der Waals surface area contributed by atoms with Gasteiger partial charge in [-0.15, -0.1) is 0 Å². The van der Waals surface area contributed by atoms with Gasteiger partial charge >= 0.3 is 0 Å². The number of halogens is 1. The lowest BCUT2D eigenvalue weighted by Gasteiger charge is -2.29. The quantitative estimate of drug-likeness (QED) is 0.620. The predicted molar refractivity (Wildman–Crippen MR) is 76.5 cm³/mol. The van der Waals surface area contributed by atoms with E-state index in [1.54, 1.807) is 0 Å². The van der Waals surface area contributed by atoms with E-state index in [1.807, 2.05) is 23.1 Å². The van der Waals surface area contributed by atoms with E-state index in [0.29, 0.717) is 0 Å². The minimum Gasteiger partial charge on any atom is -0.482 e. The van der Waals surface area contributed by atoms with Crippen molar-refractivity contribution >= 4 is 34.2 Å². The van der Waals surface area contributed by atoms with Crippen molar-refractivity contribution < 1.29 is 9.53 Å². The Morgan fingerprint density at radius 2 is 2.24 bits per heavy atom. The van der Waals surface area contributed by atoms with Gasteiger partial charge in [0.25, 0.3) is 5.91 Å². The van der Waals surface area contributed by atoms with Crippen LogP contribution in [-0.2, 0) is 4.79 Å². The van der Waals surface area contributed by atoms with Crippen LogP contribution in [0.1, 0.15) is 26.2 Å². The van der Waals surface area contributed by atoms with Crippen LogP contribution in [0.15, 0.2) is 18.2 Å². The average molecular weight is 345 g/mol. The molecule has 2 rings (SSSR count). The van der Waals surface area contributed by atoms with Gasteiger partial charge in [-0.05, 0) is 47.2 Å². The highest BCUT2D eigenvalue weighted by Crippen LogP contribution is 2.33. The van der Waals surface area contributed by atoms with Crippen LogP contribution in [0.25, 0.3) is 0 Å². The number of amides is 1. The predicted octanol–water partition coefficient (Wildman–Crippen LogP) is 3.21. The molecule has 0 radical (unpaired) electrons. The number of anilines is 1. The summed E-state index contributed by atoms with van der Waals surface area (Å²) in [6.07, 6.45) is 3.37. The molecule has 1 aliphatic heterocycles. The number of benzene rings is 1. The smallest absolute Gasteiger partial charge is 0.265 e. The second-order valence-electron chi connectivity index (χ2n) is 4.15. The molecule has 3 nitrogen and oxygen atoms in total. The van der Waals surface area contributed by atoms with E-state index in [0.717, 1.165) is 40.8 Å². The molecule has 0 bridgehead atoms. The molecule has 1 amide bonds. The van der Waals surface area contributed by atoms with Crippen LogP contribution in [0, 0.1) is 3.57 Å². The van der Waals surface area contributed by atoms with Gasteiger partial charge in [0, 0.05) is 10.1 Å². The maximum Gasteiger partial charge on any atom is 0.265 e. The maximum atomic E-state index is 11.8. The molecule has 0 atom stereocenters. The summed E-state index contributed by atoms with van der Waals surface area (Å²) in [5.74, 6) is 0.891. The third-order valence-electron chi connectivity index (χ3n) is 2.85. The van der Waals surface area contributed by atoms with E-state index in [2.05, 4.69) is 29.5 Å². The molecule has 0 saturated carbocycles. The van der Waals surface area contributed by atoms with Gasteiger partial charge < -0.3 is 9.64 Å². The molecule has 1 heterocycles. The molecule has 1 aromatic carbocycles. The van der Waals surface area contributed by atoms with Gasteiger partial charge in [0.15, 0.2) is 6.61 Å². The van der Waals surface area contributed by atoms with Gasteiger partial charge in [-0.2, -0.15) is 0 Å². The second-order valence-corrected chi connectivity index (χ2v) is 5.40. The van der Waals surface area contributed by atoms with Crippen molar-refractivity contribution in [2.45, 2.75) is 26.2 Å². The van der Waals surface area contributed by atoms with Crippen molar-refractivity contribution in [3.8, 4) is 5.75 Å². The van der Waals surface area contributed by atoms with Crippen molar-refractivity contribution in [3.63, 3.8) is 0 Å². The molecular formula is C13H16INO2. The lowest BCUT2D eigenvalue weighted by atomic mass is 10.2. The molecule has 92 valence electrons. The molecule has 1 aromatic rings. The number of fused-ring (bicyclic) bond motifs is 1. The third kappa shape index (κ3) is 2.91. The van der Waals surface area contributed by atoms with Crippen molar-refractivity contribution in [1.29, 1.82) is 0 Å². The van der Waals surface area contributed by atoms with Crippen molar-refractivity contribution in [3.05, 3.63) is 21.8 Å². The molecule has 0 fully saturated rings. The van der Waals surface area contributed by atoms with Crippen LogP contribution in [0.5, 0.6) is 5.75 Å². The minimum absolute atomic E-state index is 0.0646. The van der Waals surface area contributed by atoms with Gasteiger partial charge in [0.1, 0.15) is 5.75 Å². The normalized spacial score (nSPS) is 14.5. The van der Waals surface area contributed by atoms with E-state index in [4.69, 9.17) is 4.74 Å². The topological polar surface area (TPSA) is 29.5 Å². The highest BCUT2D eigenvalue weighted by molar-refractivity contribution is 14.1. The summed E-state index contributed by atoms with van der Waals surface area (Å²) in [4.78, 5) is 13.7. The Morgan fingerprint density at radius 1 is 1.41 bits per heavy atom. The highest BCUT2D eigenvalue weighted by atomic mass is 127. The fourth-order valence-electron chi connectivity index (χ4n) is 1.94. The Bertz CT molecular complexity index is 420. The van der Waals surface area contributed by atoms with Crippen LogP contribution >= 0.6 is 22.6 Å². The lowest BCUT2D eigenvalue weighted by molar-refractivity contribution is -0.121. The maximum absolute atomic E-state index is 11.8. The summed E-state index contributed by atoms with van der Waals surface area (Å²) in [6.45, 7) is 3.13. The fourth-order valence-corrected chi connectivity index (χ4v) is 2.41. The lowest BCUT2D eigenvalue weighted by Crippen LogP contribution is -2.39. The monoisotopic (exact) mass is 345 g/mol. The zero-order chi connectivity index (χ0) is 12.3. The Labute approximate surface area is 115 Å². The molecular weight excluding hydrogens is 329 g/mol. The summed E-state index contributed by atoms with van der Waals surface area (Å²) in [7, 11) is 0. The first-order valence-electron chi connectivity index (χ1n) is 5.95.